The maximum absolute atomic E-state index is 6.16. The van der Waals surface area contributed by atoms with E-state index in [1.807, 2.05) is 0 Å². The predicted octanol–water partition coefficient (Wildman–Crippen LogP) is 4.75. The predicted molar refractivity (Wildman–Crippen MR) is 141 cm³/mol. The number of nitrogens with one attached hydrogen (secondary N) is 1. The van der Waals surface area contributed by atoms with Crippen LogP contribution in [-0.4, -0.2) is 62.0 Å². The highest BCUT2D eigenvalue weighted by Crippen LogP contribution is 2.18. The molecule has 1 N–H and O–H groups in total. The molecule has 2 heterocycles. The Balaban J connectivity index is 0.00000363. The first-order chi connectivity index (χ1) is 15.1. The summed E-state index contributed by atoms with van der Waals surface area (Å²) in [5.41, 5.74) is 2.42. The van der Waals surface area contributed by atoms with Crippen LogP contribution in [0.25, 0.3) is 0 Å². The van der Waals surface area contributed by atoms with Crippen LogP contribution in [0.1, 0.15) is 64.0 Å². The summed E-state index contributed by atoms with van der Waals surface area (Å²) >= 11 is 0. The standard InChI is InChI=1S/C25H41N3O3.HI/c1-4-26-25(27-17-21-8-10-22(11-9-21)18-30-20(2)3)28-14-12-23(13-15-28)31-19-24-7-5-6-16-29-24;/h8-11,20,23-24H,4-7,12-19H2,1-3H3,(H,26,27);1H. The summed E-state index contributed by atoms with van der Waals surface area (Å²) in [6.07, 6.45) is 6.58. The first-order valence-corrected chi connectivity index (χ1v) is 12.1. The monoisotopic (exact) mass is 559 g/mol. The summed E-state index contributed by atoms with van der Waals surface area (Å²) in [7, 11) is 0. The van der Waals surface area contributed by atoms with Gasteiger partial charge in [-0.3, -0.25) is 0 Å². The lowest BCUT2D eigenvalue weighted by molar-refractivity contribution is -0.0721. The van der Waals surface area contributed by atoms with Crippen LogP contribution in [0.4, 0.5) is 0 Å². The lowest BCUT2D eigenvalue weighted by atomic mass is 10.1. The van der Waals surface area contributed by atoms with E-state index in [1.165, 1.54) is 24.0 Å². The molecule has 1 unspecified atom stereocenters. The molecule has 0 spiro atoms. The summed E-state index contributed by atoms with van der Waals surface area (Å²) in [6.45, 7) is 12.1. The highest BCUT2D eigenvalue weighted by molar-refractivity contribution is 14.0. The van der Waals surface area contributed by atoms with Crippen LogP contribution in [0.15, 0.2) is 29.3 Å². The van der Waals surface area contributed by atoms with Crippen molar-refractivity contribution in [2.24, 2.45) is 4.99 Å². The minimum Gasteiger partial charge on any atom is -0.376 e. The van der Waals surface area contributed by atoms with Crippen LogP contribution < -0.4 is 5.32 Å². The quantitative estimate of drug-likeness (QED) is 0.269. The molecular weight excluding hydrogens is 517 g/mol. The Kier molecular flexibility index (Phi) is 12.9. The molecule has 7 heteroatoms. The largest absolute Gasteiger partial charge is 0.376 e. The Morgan fingerprint density at radius 2 is 1.84 bits per heavy atom. The maximum atomic E-state index is 6.16. The van der Waals surface area contributed by atoms with Crippen LogP contribution in [0, 0.1) is 0 Å². The molecule has 0 aromatic heterocycles. The number of hydrogen-bond donors (Lipinski definition) is 1. The molecule has 0 saturated carbocycles. The fourth-order valence-electron chi connectivity index (χ4n) is 4.01. The SMILES string of the molecule is CCNC(=NCc1ccc(COC(C)C)cc1)N1CCC(OCC2CCCCO2)CC1.I. The second kappa shape index (κ2) is 15.1. The van der Waals surface area contributed by atoms with Crippen LogP contribution in [0.5, 0.6) is 0 Å². The maximum Gasteiger partial charge on any atom is 0.194 e. The molecule has 2 fully saturated rings. The third kappa shape index (κ3) is 9.53. The minimum atomic E-state index is 0. The molecule has 6 nitrogen and oxygen atoms in total. The normalized spacial score (nSPS) is 20.3. The van der Waals surface area contributed by atoms with Gasteiger partial charge in [0.2, 0.25) is 0 Å². The Morgan fingerprint density at radius 1 is 1.12 bits per heavy atom. The van der Waals surface area contributed by atoms with Crippen molar-refractivity contribution in [3.63, 3.8) is 0 Å². The van der Waals surface area contributed by atoms with E-state index < -0.39 is 0 Å². The first kappa shape index (κ1) is 27.3. The average Bonchev–Trinajstić information content (AvgIpc) is 2.81. The third-order valence-electron chi connectivity index (χ3n) is 5.89. The summed E-state index contributed by atoms with van der Waals surface area (Å²) in [5.74, 6) is 1.00. The molecule has 3 rings (SSSR count). The van der Waals surface area contributed by atoms with Gasteiger partial charge in [-0.1, -0.05) is 24.3 Å². The number of hydrogen-bond acceptors (Lipinski definition) is 4. The molecule has 0 amide bonds. The van der Waals surface area contributed by atoms with E-state index in [0.717, 1.165) is 58.1 Å². The van der Waals surface area contributed by atoms with Gasteiger partial charge in [-0.05, 0) is 64.0 Å². The average molecular weight is 560 g/mol. The van der Waals surface area contributed by atoms with Gasteiger partial charge in [0.15, 0.2) is 5.96 Å². The van der Waals surface area contributed by atoms with Crippen molar-refractivity contribution < 1.29 is 14.2 Å². The van der Waals surface area contributed by atoms with Gasteiger partial charge < -0.3 is 24.4 Å². The fraction of sp³-hybridized carbons (Fsp3) is 0.720. The van der Waals surface area contributed by atoms with E-state index in [-0.39, 0.29) is 30.1 Å². The van der Waals surface area contributed by atoms with Crippen molar-refractivity contribution in [2.75, 3.05) is 32.8 Å². The number of guanidine groups is 1. The van der Waals surface area contributed by atoms with Gasteiger partial charge in [0.25, 0.3) is 0 Å². The van der Waals surface area contributed by atoms with Crippen LogP contribution in [-0.2, 0) is 27.4 Å². The molecule has 32 heavy (non-hydrogen) atoms. The number of nitrogens with zero attached hydrogens (tertiary/aromatic N) is 2. The smallest absolute Gasteiger partial charge is 0.194 e. The number of ether oxygens (including phenoxy) is 3. The van der Waals surface area contributed by atoms with Gasteiger partial charge in [0.1, 0.15) is 0 Å². The van der Waals surface area contributed by atoms with Crippen LogP contribution >= 0.6 is 24.0 Å². The van der Waals surface area contributed by atoms with Gasteiger partial charge in [0.05, 0.1) is 38.1 Å². The lowest BCUT2D eigenvalue weighted by Gasteiger charge is -2.35. The van der Waals surface area contributed by atoms with Gasteiger partial charge in [-0.25, -0.2) is 4.99 Å². The second-order valence-corrected chi connectivity index (χ2v) is 8.85. The van der Waals surface area contributed by atoms with Crippen LogP contribution in [0.2, 0.25) is 0 Å². The highest BCUT2D eigenvalue weighted by atomic mass is 127. The zero-order valence-corrected chi connectivity index (χ0v) is 22.4. The molecule has 1 aromatic rings. The van der Waals surface area contributed by atoms with Crippen molar-refractivity contribution >= 4 is 29.9 Å². The molecular formula is C25H42IN3O3. The van der Waals surface area contributed by atoms with Crippen molar-refractivity contribution in [3.05, 3.63) is 35.4 Å². The van der Waals surface area contributed by atoms with Gasteiger partial charge in [0, 0.05) is 26.2 Å². The highest BCUT2D eigenvalue weighted by Gasteiger charge is 2.23. The van der Waals surface area contributed by atoms with E-state index >= 15 is 0 Å². The third-order valence-corrected chi connectivity index (χ3v) is 5.89. The minimum absolute atomic E-state index is 0. The van der Waals surface area contributed by atoms with Crippen molar-refractivity contribution in [1.29, 1.82) is 0 Å². The summed E-state index contributed by atoms with van der Waals surface area (Å²) in [4.78, 5) is 7.26. The van der Waals surface area contributed by atoms with Crippen molar-refractivity contribution in [2.45, 2.75) is 84.3 Å². The topological polar surface area (TPSA) is 55.3 Å². The molecule has 2 saturated heterocycles. The first-order valence-electron chi connectivity index (χ1n) is 12.1. The van der Waals surface area contributed by atoms with E-state index in [9.17, 15) is 0 Å². The Hall–Kier alpha value is -0.900. The zero-order chi connectivity index (χ0) is 21.9. The van der Waals surface area contributed by atoms with Gasteiger partial charge >= 0.3 is 0 Å². The number of aliphatic imine (C=N–C) groups is 1. The zero-order valence-electron chi connectivity index (χ0n) is 20.1. The van der Waals surface area contributed by atoms with Gasteiger partial charge in [-0.15, -0.1) is 24.0 Å². The van der Waals surface area contributed by atoms with E-state index in [0.29, 0.717) is 25.4 Å². The number of benzene rings is 1. The molecule has 1 aromatic carbocycles. The Bertz CT molecular complexity index is 655. The van der Waals surface area contributed by atoms with Crippen molar-refractivity contribution in [1.82, 2.24) is 10.2 Å². The lowest BCUT2D eigenvalue weighted by Crippen LogP contribution is -2.47. The van der Waals surface area contributed by atoms with Crippen LogP contribution in [0.3, 0.4) is 0 Å². The number of piperidine rings is 1. The van der Waals surface area contributed by atoms with E-state index in [2.05, 4.69) is 55.3 Å². The van der Waals surface area contributed by atoms with Crippen molar-refractivity contribution in [3.8, 4) is 0 Å². The summed E-state index contributed by atoms with van der Waals surface area (Å²) < 4.78 is 17.6. The molecule has 2 aliphatic rings. The molecule has 0 radical (unpaired) electrons. The second-order valence-electron chi connectivity index (χ2n) is 8.85. The van der Waals surface area contributed by atoms with Gasteiger partial charge in [-0.2, -0.15) is 0 Å². The summed E-state index contributed by atoms with van der Waals surface area (Å²) in [6, 6.07) is 8.58. The molecule has 0 aliphatic carbocycles. The number of halogens is 1. The van der Waals surface area contributed by atoms with E-state index in [1.54, 1.807) is 0 Å². The molecule has 1 atom stereocenters. The summed E-state index contributed by atoms with van der Waals surface area (Å²) in [5, 5.41) is 3.46. The molecule has 182 valence electrons. The van der Waals surface area contributed by atoms with E-state index in [4.69, 9.17) is 19.2 Å². The number of rotatable bonds is 9. The number of likely N-dealkylation sites (tertiary alicyclic amines) is 1. The molecule has 2 aliphatic heterocycles. The fourth-order valence-corrected chi connectivity index (χ4v) is 4.01. The Morgan fingerprint density at radius 3 is 2.47 bits per heavy atom. The molecule has 0 bridgehead atoms. The Labute approximate surface area is 211 Å².